The van der Waals surface area contributed by atoms with Crippen LogP contribution in [0.5, 0.6) is 11.5 Å². The lowest BCUT2D eigenvalue weighted by molar-refractivity contribution is 0.0971. The Bertz CT molecular complexity index is 1770. The van der Waals surface area contributed by atoms with Gasteiger partial charge >= 0.3 is 0 Å². The molecule has 3 heterocycles. The van der Waals surface area contributed by atoms with Crippen LogP contribution >= 0.6 is 11.3 Å². The van der Waals surface area contributed by atoms with Crippen LogP contribution < -0.4 is 19.8 Å². The third-order valence-corrected chi connectivity index (χ3v) is 7.61. The largest absolute Gasteiger partial charge is 0.493 e. The molecule has 1 atom stereocenters. The zero-order chi connectivity index (χ0) is 25.8. The number of amides is 1. The fourth-order valence-electron chi connectivity index (χ4n) is 5.02. The van der Waals surface area contributed by atoms with Crippen LogP contribution in [0.25, 0.3) is 21.2 Å². The minimum atomic E-state index is -0.741. The zero-order valence-electron chi connectivity index (χ0n) is 20.8. The third-order valence-electron chi connectivity index (χ3n) is 6.61. The van der Waals surface area contributed by atoms with E-state index in [2.05, 4.69) is 12.1 Å². The molecular weight excluding hydrogens is 488 g/mol. The maximum atomic E-state index is 13.9. The van der Waals surface area contributed by atoms with Crippen molar-refractivity contribution >= 4 is 43.6 Å². The summed E-state index contributed by atoms with van der Waals surface area (Å²) < 4.78 is 18.3. The molecule has 0 saturated heterocycles. The first-order chi connectivity index (χ1) is 17.9. The lowest BCUT2D eigenvalue weighted by Gasteiger charge is -2.23. The summed E-state index contributed by atoms with van der Waals surface area (Å²) in [6.07, 6.45) is 0. The van der Waals surface area contributed by atoms with E-state index in [1.54, 1.807) is 42.3 Å². The normalized spacial score (nSPS) is 15.0. The summed E-state index contributed by atoms with van der Waals surface area (Å²) in [6, 6.07) is 15.8. The van der Waals surface area contributed by atoms with Crippen molar-refractivity contribution in [2.75, 3.05) is 18.6 Å². The van der Waals surface area contributed by atoms with Crippen LogP contribution in [0.15, 0.2) is 63.8 Å². The van der Waals surface area contributed by atoms with Gasteiger partial charge in [0.2, 0.25) is 5.76 Å². The van der Waals surface area contributed by atoms with Crippen LogP contribution in [-0.2, 0) is 0 Å². The molecule has 0 bridgehead atoms. The number of ether oxygens (including phenoxy) is 2. The molecule has 0 aliphatic carbocycles. The number of anilines is 1. The third kappa shape index (κ3) is 3.59. The Morgan fingerprint density at radius 3 is 2.65 bits per heavy atom. The molecule has 0 saturated carbocycles. The number of methoxy groups -OCH3 is 1. The van der Waals surface area contributed by atoms with Gasteiger partial charge in [-0.3, -0.25) is 14.5 Å². The zero-order valence-corrected chi connectivity index (χ0v) is 21.6. The van der Waals surface area contributed by atoms with Crippen LogP contribution in [0.3, 0.4) is 0 Å². The molecule has 5 aromatic rings. The number of thiazole rings is 1. The molecule has 186 valence electrons. The van der Waals surface area contributed by atoms with Crippen molar-refractivity contribution in [3.05, 3.63) is 92.8 Å². The van der Waals surface area contributed by atoms with Crippen molar-refractivity contribution in [1.29, 1.82) is 0 Å². The number of benzene rings is 3. The smallest absolute Gasteiger partial charge is 0.297 e. The highest BCUT2D eigenvalue weighted by Gasteiger charge is 2.45. The van der Waals surface area contributed by atoms with E-state index in [4.69, 9.17) is 18.9 Å². The molecule has 0 fully saturated rings. The highest BCUT2D eigenvalue weighted by molar-refractivity contribution is 7.22. The number of hydrogen-bond acceptors (Lipinski definition) is 7. The van der Waals surface area contributed by atoms with Gasteiger partial charge in [0.05, 0.1) is 40.9 Å². The molecule has 1 unspecified atom stereocenters. The van der Waals surface area contributed by atoms with Crippen molar-refractivity contribution in [1.82, 2.24) is 4.98 Å². The van der Waals surface area contributed by atoms with Gasteiger partial charge in [-0.05, 0) is 67.8 Å². The SMILES string of the molecule is CCOc1ccc(C2c3c(oc4ccccc4c3=O)C(=O)N2c2nc3c(C)cc(C)cc3s2)cc1OC. The Kier molecular flexibility index (Phi) is 5.49. The van der Waals surface area contributed by atoms with Gasteiger partial charge in [-0.2, -0.15) is 0 Å². The molecule has 37 heavy (non-hydrogen) atoms. The number of fused-ring (bicyclic) bond motifs is 3. The van der Waals surface area contributed by atoms with Crippen LogP contribution in [0, 0.1) is 13.8 Å². The second kappa shape index (κ2) is 8.74. The monoisotopic (exact) mass is 512 g/mol. The van der Waals surface area contributed by atoms with E-state index < -0.39 is 11.9 Å². The quantitative estimate of drug-likeness (QED) is 0.280. The molecule has 0 N–H and O–H groups in total. The van der Waals surface area contributed by atoms with Crippen molar-refractivity contribution < 1.29 is 18.7 Å². The molecule has 1 aliphatic heterocycles. The number of carbonyl (C=O) groups excluding carboxylic acids is 1. The number of para-hydroxylation sites is 1. The van der Waals surface area contributed by atoms with Crippen molar-refractivity contribution in [3.8, 4) is 11.5 Å². The van der Waals surface area contributed by atoms with E-state index in [0.29, 0.717) is 45.3 Å². The van der Waals surface area contributed by atoms with Gasteiger partial charge in [-0.15, -0.1) is 0 Å². The fraction of sp³-hybridized carbons (Fsp3) is 0.207. The first kappa shape index (κ1) is 23.2. The number of aryl methyl sites for hydroxylation is 2. The van der Waals surface area contributed by atoms with Gasteiger partial charge in [0, 0.05) is 0 Å². The molecule has 1 aliphatic rings. The first-order valence-electron chi connectivity index (χ1n) is 12.0. The van der Waals surface area contributed by atoms with Crippen molar-refractivity contribution in [3.63, 3.8) is 0 Å². The van der Waals surface area contributed by atoms with Gasteiger partial charge in [-0.1, -0.05) is 35.6 Å². The van der Waals surface area contributed by atoms with Gasteiger partial charge in [0.25, 0.3) is 5.91 Å². The van der Waals surface area contributed by atoms with Gasteiger partial charge in [0.15, 0.2) is 22.1 Å². The highest BCUT2D eigenvalue weighted by Crippen LogP contribution is 2.45. The molecule has 7 nitrogen and oxygen atoms in total. The van der Waals surface area contributed by atoms with E-state index >= 15 is 0 Å². The van der Waals surface area contributed by atoms with Crippen molar-refractivity contribution in [2.45, 2.75) is 26.8 Å². The van der Waals surface area contributed by atoms with E-state index in [0.717, 1.165) is 21.3 Å². The average Bonchev–Trinajstić information content (AvgIpc) is 3.43. The highest BCUT2D eigenvalue weighted by atomic mass is 32.1. The second-order valence-corrected chi connectivity index (χ2v) is 10.0. The maximum absolute atomic E-state index is 13.9. The number of hydrogen-bond donors (Lipinski definition) is 0. The van der Waals surface area contributed by atoms with Crippen LogP contribution in [0.2, 0.25) is 0 Å². The topological polar surface area (TPSA) is 81.9 Å². The first-order valence-corrected chi connectivity index (χ1v) is 12.8. The van der Waals surface area contributed by atoms with Crippen LogP contribution in [0.1, 0.15) is 45.8 Å². The molecule has 8 heteroatoms. The Morgan fingerprint density at radius 1 is 1.05 bits per heavy atom. The van der Waals surface area contributed by atoms with Crippen molar-refractivity contribution in [2.24, 2.45) is 0 Å². The molecular formula is C29H24N2O5S. The van der Waals surface area contributed by atoms with E-state index in [9.17, 15) is 9.59 Å². The summed E-state index contributed by atoms with van der Waals surface area (Å²) in [5.41, 5.74) is 4.11. The minimum absolute atomic E-state index is 0.0358. The molecule has 3 aromatic carbocycles. The Balaban J connectivity index is 1.62. The summed E-state index contributed by atoms with van der Waals surface area (Å²) in [7, 11) is 1.56. The Hall–Kier alpha value is -4.17. The second-order valence-electron chi connectivity index (χ2n) is 9.02. The summed E-state index contributed by atoms with van der Waals surface area (Å²) in [6.45, 7) is 6.42. The van der Waals surface area contributed by atoms with E-state index in [1.165, 1.54) is 11.3 Å². The lowest BCUT2D eigenvalue weighted by Crippen LogP contribution is -2.29. The molecule has 2 aromatic heterocycles. The van der Waals surface area contributed by atoms with Gasteiger partial charge in [-0.25, -0.2) is 4.98 Å². The van der Waals surface area contributed by atoms with Crippen LogP contribution in [-0.4, -0.2) is 24.6 Å². The lowest BCUT2D eigenvalue weighted by atomic mass is 9.98. The predicted octanol–water partition coefficient (Wildman–Crippen LogP) is 6.18. The fourth-order valence-corrected chi connectivity index (χ4v) is 6.19. The number of nitrogens with zero attached hydrogens (tertiary/aromatic N) is 2. The predicted molar refractivity (Wildman–Crippen MR) is 144 cm³/mol. The molecule has 1 amide bonds. The average molecular weight is 513 g/mol. The summed E-state index contributed by atoms with van der Waals surface area (Å²) in [5, 5.41) is 0.927. The minimum Gasteiger partial charge on any atom is -0.493 e. The van der Waals surface area contributed by atoms with E-state index in [1.807, 2.05) is 32.9 Å². The summed E-state index contributed by atoms with van der Waals surface area (Å²) in [5.74, 6) is 0.737. The summed E-state index contributed by atoms with van der Waals surface area (Å²) >= 11 is 1.42. The number of carbonyl (C=O) groups is 1. The number of aromatic nitrogens is 1. The van der Waals surface area contributed by atoms with Gasteiger partial charge < -0.3 is 13.9 Å². The maximum Gasteiger partial charge on any atom is 0.297 e. The standard InChI is InChI=1S/C29H24N2O5S/c1-5-35-20-11-10-17(14-21(20)34-4)25-23-26(32)18-8-6-7-9-19(18)36-27(23)28(33)31(25)29-30-24-16(3)12-15(2)13-22(24)37-29/h6-14,25H,5H2,1-4H3. The Labute approximate surface area is 216 Å². The molecule has 0 radical (unpaired) electrons. The van der Waals surface area contributed by atoms with Crippen LogP contribution in [0.4, 0.5) is 5.13 Å². The van der Waals surface area contributed by atoms with Gasteiger partial charge in [0.1, 0.15) is 5.58 Å². The number of rotatable bonds is 5. The van der Waals surface area contributed by atoms with E-state index in [-0.39, 0.29) is 11.2 Å². The summed E-state index contributed by atoms with van der Waals surface area (Å²) in [4.78, 5) is 34.2. The molecule has 0 spiro atoms. The molecule has 6 rings (SSSR count). The Morgan fingerprint density at radius 2 is 1.86 bits per heavy atom.